The van der Waals surface area contributed by atoms with E-state index in [1.54, 1.807) is 6.92 Å². The highest BCUT2D eigenvalue weighted by molar-refractivity contribution is 6.41. The van der Waals surface area contributed by atoms with E-state index in [0.29, 0.717) is 0 Å². The van der Waals surface area contributed by atoms with Crippen molar-refractivity contribution in [1.82, 2.24) is 10.1 Å². The van der Waals surface area contributed by atoms with Gasteiger partial charge in [-0.05, 0) is 6.92 Å². The molecule has 0 radical (unpaired) electrons. The first-order chi connectivity index (χ1) is 6.65. The molecule has 3 N–H and O–H groups in total. The minimum atomic E-state index is -1.32. The molecule has 0 aliphatic heterocycles. The molecule has 0 bridgehead atoms. The first-order valence-electron chi connectivity index (χ1n) is 3.68. The lowest BCUT2D eigenvalue weighted by molar-refractivity contribution is -0.129. The number of hydrogen-bond donors (Lipinski definition) is 2. The average Bonchev–Trinajstić information content (AvgIpc) is 2.52. The van der Waals surface area contributed by atoms with E-state index in [4.69, 9.17) is 10.8 Å². The topological polar surface area (TPSA) is 124 Å². The van der Waals surface area contributed by atoms with Crippen molar-refractivity contribution in [3.63, 3.8) is 0 Å². The second kappa shape index (κ2) is 4.21. The van der Waals surface area contributed by atoms with Crippen molar-refractivity contribution in [2.24, 2.45) is 5.16 Å². The molecule has 1 rings (SSSR count). The van der Waals surface area contributed by atoms with E-state index in [1.807, 2.05) is 0 Å². The lowest BCUT2D eigenvalue weighted by Crippen LogP contribution is -2.16. The number of rotatable bonds is 4. The molecule has 0 unspecified atom stereocenters. The van der Waals surface area contributed by atoms with Gasteiger partial charge in [-0.15, -0.1) is 0 Å². The number of hydrogen-bond acceptors (Lipinski definition) is 7. The predicted octanol–water partition coefficient (Wildman–Crippen LogP) is -0.523. The zero-order valence-electron chi connectivity index (χ0n) is 7.30. The van der Waals surface area contributed by atoms with Gasteiger partial charge in [-0.1, -0.05) is 10.3 Å². The summed E-state index contributed by atoms with van der Waals surface area (Å²) in [6.07, 6.45) is 0. The molecular formula is C6H8N4O4. The number of nitrogen functional groups attached to an aromatic ring is 1. The van der Waals surface area contributed by atoms with E-state index in [2.05, 4.69) is 24.7 Å². The van der Waals surface area contributed by atoms with Crippen molar-refractivity contribution in [3.8, 4) is 0 Å². The number of anilines is 1. The van der Waals surface area contributed by atoms with Crippen LogP contribution in [0.4, 0.5) is 6.01 Å². The number of nitrogens with two attached hydrogens (primary N) is 1. The van der Waals surface area contributed by atoms with Crippen LogP contribution in [0.2, 0.25) is 0 Å². The molecule has 14 heavy (non-hydrogen) atoms. The Balaban J connectivity index is 2.94. The normalized spacial score (nSPS) is 11.4. The van der Waals surface area contributed by atoms with Crippen LogP contribution in [-0.2, 0) is 9.63 Å². The summed E-state index contributed by atoms with van der Waals surface area (Å²) in [6, 6.07) is -0.231. The Morgan fingerprint density at radius 2 is 2.50 bits per heavy atom. The third-order valence-electron chi connectivity index (χ3n) is 1.14. The average molecular weight is 200 g/mol. The van der Waals surface area contributed by atoms with Gasteiger partial charge in [0.05, 0.1) is 0 Å². The molecule has 0 amide bonds. The number of carbonyl (C=O) groups is 1. The summed E-state index contributed by atoms with van der Waals surface area (Å²) >= 11 is 0. The minimum Gasteiger partial charge on any atom is -0.476 e. The molecule has 0 aliphatic carbocycles. The molecule has 76 valence electrons. The Labute approximate surface area is 78.3 Å². The van der Waals surface area contributed by atoms with Gasteiger partial charge in [0.15, 0.2) is 0 Å². The Morgan fingerprint density at radius 3 is 2.93 bits per heavy atom. The van der Waals surface area contributed by atoms with Crippen molar-refractivity contribution in [3.05, 3.63) is 5.82 Å². The quantitative estimate of drug-likeness (QED) is 0.494. The Morgan fingerprint density at radius 1 is 1.79 bits per heavy atom. The molecule has 0 atom stereocenters. The molecule has 0 aliphatic rings. The van der Waals surface area contributed by atoms with Gasteiger partial charge in [-0.2, -0.15) is 4.98 Å². The lowest BCUT2D eigenvalue weighted by atomic mass is 10.4. The molecule has 8 nitrogen and oxygen atoms in total. The fourth-order valence-electron chi connectivity index (χ4n) is 0.636. The van der Waals surface area contributed by atoms with Crippen LogP contribution in [0.15, 0.2) is 9.68 Å². The van der Waals surface area contributed by atoms with Crippen molar-refractivity contribution < 1.29 is 19.3 Å². The molecule has 1 heterocycles. The fraction of sp³-hybridized carbons (Fsp3) is 0.333. The third kappa shape index (κ3) is 2.19. The number of aliphatic carboxylic acids is 1. The maximum absolute atomic E-state index is 10.6. The summed E-state index contributed by atoms with van der Waals surface area (Å²) in [5.41, 5.74) is 4.66. The minimum absolute atomic E-state index is 0.219. The Hall–Kier alpha value is -2.12. The molecule has 0 fully saturated rings. The largest absolute Gasteiger partial charge is 0.476 e. The monoisotopic (exact) mass is 200 g/mol. The first kappa shape index (κ1) is 9.96. The van der Waals surface area contributed by atoms with E-state index in [-0.39, 0.29) is 18.4 Å². The highest BCUT2D eigenvalue weighted by atomic mass is 16.6. The Kier molecular flexibility index (Phi) is 3.00. The number of aromatic nitrogens is 2. The summed E-state index contributed by atoms with van der Waals surface area (Å²) in [4.78, 5) is 18.7. The van der Waals surface area contributed by atoms with Crippen LogP contribution in [0.5, 0.6) is 0 Å². The Bertz CT molecular complexity index is 358. The van der Waals surface area contributed by atoms with Crippen LogP contribution < -0.4 is 5.73 Å². The van der Waals surface area contributed by atoms with E-state index < -0.39 is 11.7 Å². The SMILES string of the molecule is CCO/N=C(\C(=O)O)c1noc(N)n1. The summed E-state index contributed by atoms with van der Waals surface area (Å²) < 4.78 is 4.39. The van der Waals surface area contributed by atoms with Gasteiger partial charge in [0.1, 0.15) is 6.61 Å². The standard InChI is InChI=1S/C6H8N4O4/c1-2-13-9-3(5(11)12)4-8-6(7)14-10-4/h2H2,1H3,(H,11,12)(H2,7,8,10)/b9-3-. The second-order valence-electron chi connectivity index (χ2n) is 2.12. The molecule has 8 heteroatoms. The molecule has 0 saturated heterocycles. The van der Waals surface area contributed by atoms with Crippen LogP contribution in [0.25, 0.3) is 0 Å². The van der Waals surface area contributed by atoms with Crippen LogP contribution in [-0.4, -0.2) is 33.5 Å². The number of carboxylic acid groups (broad SMARTS) is 1. The summed E-state index contributed by atoms with van der Waals surface area (Å²) in [5, 5.41) is 15.3. The van der Waals surface area contributed by atoms with E-state index in [0.717, 1.165) is 0 Å². The van der Waals surface area contributed by atoms with E-state index in [9.17, 15) is 4.79 Å². The van der Waals surface area contributed by atoms with Crippen LogP contribution in [0, 0.1) is 0 Å². The van der Waals surface area contributed by atoms with Crippen molar-refractivity contribution in [2.45, 2.75) is 6.92 Å². The zero-order chi connectivity index (χ0) is 10.6. The van der Waals surface area contributed by atoms with Crippen LogP contribution in [0.3, 0.4) is 0 Å². The number of nitrogens with zero attached hydrogens (tertiary/aromatic N) is 3. The smallest absolute Gasteiger partial charge is 0.362 e. The fourth-order valence-corrected chi connectivity index (χ4v) is 0.636. The van der Waals surface area contributed by atoms with Gasteiger partial charge < -0.3 is 20.2 Å². The van der Waals surface area contributed by atoms with Gasteiger partial charge in [0, 0.05) is 0 Å². The molecule has 0 aromatic carbocycles. The number of carboxylic acids is 1. The van der Waals surface area contributed by atoms with Crippen LogP contribution >= 0.6 is 0 Å². The molecule has 0 saturated carbocycles. The lowest BCUT2D eigenvalue weighted by Gasteiger charge is -1.94. The first-order valence-corrected chi connectivity index (χ1v) is 3.68. The molecular weight excluding hydrogens is 192 g/mol. The van der Waals surface area contributed by atoms with E-state index >= 15 is 0 Å². The van der Waals surface area contributed by atoms with Gasteiger partial charge in [0.2, 0.25) is 11.5 Å². The van der Waals surface area contributed by atoms with Crippen molar-refractivity contribution in [1.29, 1.82) is 0 Å². The zero-order valence-corrected chi connectivity index (χ0v) is 7.30. The maximum atomic E-state index is 10.6. The molecule has 1 aromatic heterocycles. The predicted molar refractivity (Wildman–Crippen MR) is 44.5 cm³/mol. The summed E-state index contributed by atoms with van der Waals surface area (Å²) in [7, 11) is 0. The molecule has 1 aromatic rings. The highest BCUT2D eigenvalue weighted by Crippen LogP contribution is 2.00. The third-order valence-corrected chi connectivity index (χ3v) is 1.14. The van der Waals surface area contributed by atoms with Crippen molar-refractivity contribution >= 4 is 17.7 Å². The summed E-state index contributed by atoms with van der Waals surface area (Å²) in [5.74, 6) is -1.54. The summed E-state index contributed by atoms with van der Waals surface area (Å²) in [6.45, 7) is 1.90. The molecule has 0 spiro atoms. The van der Waals surface area contributed by atoms with Gasteiger partial charge in [0.25, 0.3) is 0 Å². The van der Waals surface area contributed by atoms with Crippen LogP contribution in [0.1, 0.15) is 12.7 Å². The maximum Gasteiger partial charge on any atom is 0.362 e. The van der Waals surface area contributed by atoms with Gasteiger partial charge >= 0.3 is 12.0 Å². The second-order valence-corrected chi connectivity index (χ2v) is 2.12. The van der Waals surface area contributed by atoms with Gasteiger partial charge in [-0.3, -0.25) is 0 Å². The number of oxime groups is 1. The highest BCUT2D eigenvalue weighted by Gasteiger charge is 2.19. The van der Waals surface area contributed by atoms with E-state index in [1.165, 1.54) is 0 Å². The van der Waals surface area contributed by atoms with Crippen molar-refractivity contribution in [2.75, 3.05) is 12.3 Å². The van der Waals surface area contributed by atoms with Gasteiger partial charge in [-0.25, -0.2) is 4.79 Å².